The molecule has 0 aliphatic rings. The summed E-state index contributed by atoms with van der Waals surface area (Å²) in [7, 11) is 1.68. The Morgan fingerprint density at radius 3 is 2.75 bits per heavy atom. The Labute approximate surface area is 129 Å². The van der Waals surface area contributed by atoms with Crippen LogP contribution in [0.15, 0.2) is 28.7 Å². The first-order valence-electron chi connectivity index (χ1n) is 6.98. The standard InChI is InChI=1S/C15H24BrNO3/c1-18-11-12-19-9-3-2-7-17-8-10-20-15-6-4-5-14(16)13-15/h4-6,13,17H,2-3,7-12H2,1H3. The molecule has 1 aromatic carbocycles. The van der Waals surface area contributed by atoms with Gasteiger partial charge in [0.25, 0.3) is 0 Å². The molecule has 0 spiro atoms. The monoisotopic (exact) mass is 345 g/mol. The van der Waals surface area contributed by atoms with Gasteiger partial charge in [-0.25, -0.2) is 0 Å². The maximum atomic E-state index is 5.63. The Morgan fingerprint density at radius 1 is 1.05 bits per heavy atom. The Morgan fingerprint density at radius 2 is 1.95 bits per heavy atom. The van der Waals surface area contributed by atoms with Crippen LogP contribution in [0.3, 0.4) is 0 Å². The fraction of sp³-hybridized carbons (Fsp3) is 0.600. The van der Waals surface area contributed by atoms with Crippen LogP contribution in [0.5, 0.6) is 5.75 Å². The zero-order valence-electron chi connectivity index (χ0n) is 12.1. The molecule has 0 aliphatic carbocycles. The highest BCUT2D eigenvalue weighted by molar-refractivity contribution is 9.10. The quantitative estimate of drug-likeness (QED) is 0.591. The number of hydrogen-bond acceptors (Lipinski definition) is 4. The van der Waals surface area contributed by atoms with Crippen molar-refractivity contribution in [1.29, 1.82) is 0 Å². The van der Waals surface area contributed by atoms with Gasteiger partial charge in [-0.3, -0.25) is 0 Å². The topological polar surface area (TPSA) is 39.7 Å². The molecule has 0 heterocycles. The third-order valence-electron chi connectivity index (χ3n) is 2.67. The minimum absolute atomic E-state index is 0.672. The zero-order valence-corrected chi connectivity index (χ0v) is 13.7. The van der Waals surface area contributed by atoms with Gasteiger partial charge in [0.1, 0.15) is 12.4 Å². The SMILES string of the molecule is COCCOCCCCNCCOc1cccc(Br)c1. The summed E-state index contributed by atoms with van der Waals surface area (Å²) in [6, 6.07) is 7.88. The van der Waals surface area contributed by atoms with E-state index in [1.807, 2.05) is 24.3 Å². The predicted molar refractivity (Wildman–Crippen MR) is 84.4 cm³/mol. The van der Waals surface area contributed by atoms with Gasteiger partial charge in [-0.05, 0) is 37.6 Å². The summed E-state index contributed by atoms with van der Waals surface area (Å²) in [5, 5.41) is 3.36. The van der Waals surface area contributed by atoms with Crippen LogP contribution in [0, 0.1) is 0 Å². The fourth-order valence-corrected chi connectivity index (χ4v) is 2.00. The molecule has 0 fully saturated rings. The molecular formula is C15H24BrNO3. The van der Waals surface area contributed by atoms with Crippen molar-refractivity contribution in [3.8, 4) is 5.75 Å². The zero-order chi connectivity index (χ0) is 14.5. The van der Waals surface area contributed by atoms with Crippen LogP contribution in [0.1, 0.15) is 12.8 Å². The van der Waals surface area contributed by atoms with E-state index in [1.165, 1.54) is 0 Å². The molecule has 4 nitrogen and oxygen atoms in total. The average molecular weight is 346 g/mol. The molecule has 114 valence electrons. The summed E-state index contributed by atoms with van der Waals surface area (Å²) in [4.78, 5) is 0. The molecule has 0 unspecified atom stereocenters. The van der Waals surface area contributed by atoms with Gasteiger partial charge in [-0.2, -0.15) is 0 Å². The number of unbranched alkanes of at least 4 members (excludes halogenated alkanes) is 1. The van der Waals surface area contributed by atoms with Crippen LogP contribution in [0.25, 0.3) is 0 Å². The van der Waals surface area contributed by atoms with Crippen molar-refractivity contribution in [1.82, 2.24) is 5.32 Å². The van der Waals surface area contributed by atoms with Crippen molar-refractivity contribution in [2.75, 3.05) is 46.6 Å². The van der Waals surface area contributed by atoms with Crippen LogP contribution in [0.2, 0.25) is 0 Å². The first kappa shape index (κ1) is 17.4. The van der Waals surface area contributed by atoms with Crippen LogP contribution in [-0.4, -0.2) is 46.6 Å². The molecule has 0 saturated heterocycles. The first-order valence-corrected chi connectivity index (χ1v) is 7.78. The van der Waals surface area contributed by atoms with Crippen LogP contribution in [0.4, 0.5) is 0 Å². The molecule has 0 atom stereocenters. The highest BCUT2D eigenvalue weighted by Crippen LogP contribution is 2.17. The van der Waals surface area contributed by atoms with E-state index >= 15 is 0 Å². The van der Waals surface area contributed by atoms with Gasteiger partial charge >= 0.3 is 0 Å². The number of nitrogens with one attached hydrogen (secondary N) is 1. The molecule has 0 radical (unpaired) electrons. The van der Waals surface area contributed by atoms with Crippen molar-refractivity contribution in [2.24, 2.45) is 0 Å². The molecule has 5 heteroatoms. The molecular weight excluding hydrogens is 322 g/mol. The van der Waals surface area contributed by atoms with Crippen molar-refractivity contribution in [3.63, 3.8) is 0 Å². The molecule has 1 aromatic rings. The highest BCUT2D eigenvalue weighted by Gasteiger charge is 1.95. The van der Waals surface area contributed by atoms with Gasteiger partial charge in [0.15, 0.2) is 0 Å². The Balaban J connectivity index is 1.85. The van der Waals surface area contributed by atoms with Gasteiger partial charge < -0.3 is 19.5 Å². The molecule has 0 bridgehead atoms. The fourth-order valence-electron chi connectivity index (χ4n) is 1.62. The summed E-state index contributed by atoms with van der Waals surface area (Å²) in [5.41, 5.74) is 0. The maximum Gasteiger partial charge on any atom is 0.120 e. The van der Waals surface area contributed by atoms with E-state index in [0.717, 1.165) is 42.8 Å². The molecule has 20 heavy (non-hydrogen) atoms. The lowest BCUT2D eigenvalue weighted by molar-refractivity contribution is 0.0688. The second-order valence-corrected chi connectivity index (χ2v) is 5.28. The number of methoxy groups -OCH3 is 1. The average Bonchev–Trinajstić information content (AvgIpc) is 2.45. The van der Waals surface area contributed by atoms with Crippen molar-refractivity contribution in [3.05, 3.63) is 28.7 Å². The molecule has 0 aromatic heterocycles. The Hall–Kier alpha value is -0.620. The summed E-state index contributed by atoms with van der Waals surface area (Å²) in [6.45, 7) is 4.70. The normalized spacial score (nSPS) is 10.7. The largest absolute Gasteiger partial charge is 0.492 e. The molecule has 0 amide bonds. The van der Waals surface area contributed by atoms with Crippen molar-refractivity contribution in [2.45, 2.75) is 12.8 Å². The van der Waals surface area contributed by atoms with E-state index in [4.69, 9.17) is 14.2 Å². The Bertz CT molecular complexity index is 350. The second kappa shape index (κ2) is 12.1. The van der Waals surface area contributed by atoms with Gasteiger partial charge in [-0.15, -0.1) is 0 Å². The molecule has 1 rings (SSSR count). The molecule has 0 aliphatic heterocycles. The smallest absolute Gasteiger partial charge is 0.120 e. The molecule has 1 N–H and O–H groups in total. The third-order valence-corrected chi connectivity index (χ3v) is 3.16. The summed E-state index contributed by atoms with van der Waals surface area (Å²) < 4.78 is 17.0. The lowest BCUT2D eigenvalue weighted by atomic mass is 10.3. The number of rotatable bonds is 12. The van der Waals surface area contributed by atoms with E-state index < -0.39 is 0 Å². The first-order chi connectivity index (χ1) is 9.83. The lowest BCUT2D eigenvalue weighted by Gasteiger charge is -2.08. The third kappa shape index (κ3) is 9.31. The van der Waals surface area contributed by atoms with E-state index in [1.54, 1.807) is 7.11 Å². The summed E-state index contributed by atoms with van der Waals surface area (Å²) in [6.07, 6.45) is 2.19. The van der Waals surface area contributed by atoms with E-state index in [2.05, 4.69) is 21.2 Å². The number of hydrogen-bond donors (Lipinski definition) is 1. The van der Waals surface area contributed by atoms with E-state index in [0.29, 0.717) is 19.8 Å². The maximum absolute atomic E-state index is 5.63. The van der Waals surface area contributed by atoms with Gasteiger partial charge in [0.2, 0.25) is 0 Å². The second-order valence-electron chi connectivity index (χ2n) is 4.37. The van der Waals surface area contributed by atoms with Gasteiger partial charge in [0, 0.05) is 24.7 Å². The Kier molecular flexibility index (Phi) is 10.6. The minimum Gasteiger partial charge on any atom is -0.492 e. The predicted octanol–water partition coefficient (Wildman–Crippen LogP) is 2.86. The van der Waals surface area contributed by atoms with Crippen molar-refractivity contribution < 1.29 is 14.2 Å². The number of ether oxygens (including phenoxy) is 3. The van der Waals surface area contributed by atoms with Gasteiger partial charge in [0.05, 0.1) is 13.2 Å². The summed E-state index contributed by atoms with van der Waals surface area (Å²) >= 11 is 3.42. The minimum atomic E-state index is 0.672. The highest BCUT2D eigenvalue weighted by atomic mass is 79.9. The van der Waals surface area contributed by atoms with Crippen LogP contribution >= 0.6 is 15.9 Å². The van der Waals surface area contributed by atoms with Crippen LogP contribution < -0.4 is 10.1 Å². The number of halogens is 1. The molecule has 0 saturated carbocycles. The van der Waals surface area contributed by atoms with Crippen molar-refractivity contribution >= 4 is 15.9 Å². The van der Waals surface area contributed by atoms with Gasteiger partial charge in [-0.1, -0.05) is 22.0 Å². The van der Waals surface area contributed by atoms with Crippen LogP contribution in [-0.2, 0) is 9.47 Å². The van der Waals surface area contributed by atoms with E-state index in [9.17, 15) is 0 Å². The number of benzene rings is 1. The summed E-state index contributed by atoms with van der Waals surface area (Å²) in [5.74, 6) is 0.896. The lowest BCUT2D eigenvalue weighted by Crippen LogP contribution is -2.22. The van der Waals surface area contributed by atoms with E-state index in [-0.39, 0.29) is 0 Å².